The van der Waals surface area contributed by atoms with Crippen LogP contribution >= 0.6 is 11.3 Å². The van der Waals surface area contributed by atoms with Crippen LogP contribution in [0.4, 0.5) is 15.2 Å². The largest absolute Gasteiger partial charge is 0.298 e. The Balaban J connectivity index is 1.54. The van der Waals surface area contributed by atoms with E-state index in [4.69, 9.17) is 0 Å². The highest BCUT2D eigenvalue weighted by molar-refractivity contribution is 7.92. The zero-order chi connectivity index (χ0) is 20.4. The average Bonchev–Trinajstić information content (AvgIpc) is 3.10. The molecule has 0 bridgehead atoms. The van der Waals surface area contributed by atoms with Crippen LogP contribution in [-0.4, -0.2) is 19.3 Å². The van der Waals surface area contributed by atoms with Gasteiger partial charge in [0.1, 0.15) is 5.82 Å². The maximum absolute atomic E-state index is 13.3. The van der Waals surface area contributed by atoms with E-state index in [1.54, 1.807) is 36.4 Å². The maximum atomic E-state index is 13.3. The van der Waals surface area contributed by atoms with Crippen molar-refractivity contribution in [3.63, 3.8) is 0 Å². The minimum absolute atomic E-state index is 0.122. The zero-order valence-electron chi connectivity index (χ0n) is 14.8. The SMILES string of the molecule is O=C(Nc1nc2ccc(F)cc2s1)c1cccc(NS(=O)(=O)c2ccccc2)c1. The quantitative estimate of drug-likeness (QED) is 0.491. The van der Waals surface area contributed by atoms with Gasteiger partial charge in [0, 0.05) is 11.3 Å². The van der Waals surface area contributed by atoms with E-state index in [1.807, 2.05) is 0 Å². The summed E-state index contributed by atoms with van der Waals surface area (Å²) in [7, 11) is -3.76. The van der Waals surface area contributed by atoms with Gasteiger partial charge in [-0.05, 0) is 48.5 Å². The van der Waals surface area contributed by atoms with Crippen molar-refractivity contribution in [1.82, 2.24) is 4.98 Å². The van der Waals surface area contributed by atoms with E-state index in [0.717, 1.165) is 11.3 Å². The van der Waals surface area contributed by atoms with E-state index in [2.05, 4.69) is 15.0 Å². The Kier molecular flexibility index (Phi) is 4.99. The van der Waals surface area contributed by atoms with Gasteiger partial charge >= 0.3 is 0 Å². The molecule has 0 aliphatic heterocycles. The minimum atomic E-state index is -3.76. The van der Waals surface area contributed by atoms with Gasteiger partial charge in [0.05, 0.1) is 15.1 Å². The summed E-state index contributed by atoms with van der Waals surface area (Å²) >= 11 is 1.15. The summed E-state index contributed by atoms with van der Waals surface area (Å²) in [6.45, 7) is 0. The van der Waals surface area contributed by atoms with Crippen LogP contribution < -0.4 is 10.0 Å². The van der Waals surface area contributed by atoms with E-state index in [1.165, 1.54) is 36.4 Å². The first-order valence-electron chi connectivity index (χ1n) is 8.46. The lowest BCUT2D eigenvalue weighted by Gasteiger charge is -2.09. The van der Waals surface area contributed by atoms with Crippen LogP contribution in [0.5, 0.6) is 0 Å². The van der Waals surface area contributed by atoms with Crippen LogP contribution in [0.1, 0.15) is 10.4 Å². The maximum Gasteiger partial charge on any atom is 0.261 e. The summed E-state index contributed by atoms with van der Waals surface area (Å²) in [5.41, 5.74) is 1.09. The van der Waals surface area contributed by atoms with E-state index < -0.39 is 15.9 Å². The summed E-state index contributed by atoms with van der Waals surface area (Å²) in [6, 6.07) is 18.2. The Bertz CT molecular complexity index is 1310. The summed E-state index contributed by atoms with van der Waals surface area (Å²) in [5.74, 6) is -0.831. The molecule has 0 aliphatic rings. The number of nitrogens with one attached hydrogen (secondary N) is 2. The molecule has 9 heteroatoms. The number of sulfonamides is 1. The molecule has 0 radical (unpaired) electrons. The Labute approximate surface area is 170 Å². The number of thiazole rings is 1. The van der Waals surface area contributed by atoms with E-state index in [0.29, 0.717) is 15.3 Å². The second-order valence-electron chi connectivity index (χ2n) is 6.08. The lowest BCUT2D eigenvalue weighted by molar-refractivity contribution is 0.102. The van der Waals surface area contributed by atoms with Crippen molar-refractivity contribution in [2.75, 3.05) is 10.0 Å². The molecule has 3 aromatic carbocycles. The van der Waals surface area contributed by atoms with E-state index in [-0.39, 0.29) is 22.0 Å². The topological polar surface area (TPSA) is 88.2 Å². The van der Waals surface area contributed by atoms with Gasteiger partial charge in [-0.25, -0.2) is 17.8 Å². The fourth-order valence-electron chi connectivity index (χ4n) is 2.66. The molecule has 0 atom stereocenters. The number of anilines is 2. The van der Waals surface area contributed by atoms with Crippen LogP contribution in [0.15, 0.2) is 77.7 Å². The molecule has 1 amide bonds. The van der Waals surface area contributed by atoms with E-state index in [9.17, 15) is 17.6 Å². The molecule has 0 saturated heterocycles. The van der Waals surface area contributed by atoms with Gasteiger partial charge in [-0.15, -0.1) is 0 Å². The fraction of sp³-hybridized carbons (Fsp3) is 0. The number of hydrogen-bond donors (Lipinski definition) is 2. The standard InChI is InChI=1S/C20H14FN3O3S2/c21-14-9-10-17-18(12-14)28-20(22-17)23-19(25)13-5-4-6-15(11-13)24-29(26,27)16-7-2-1-3-8-16/h1-12,24H,(H,22,23,25). The number of aromatic nitrogens is 1. The fourth-order valence-corrected chi connectivity index (χ4v) is 4.62. The molecule has 29 heavy (non-hydrogen) atoms. The lowest BCUT2D eigenvalue weighted by Crippen LogP contribution is -2.15. The Morgan fingerprint density at radius 3 is 2.55 bits per heavy atom. The number of nitrogens with zero attached hydrogens (tertiary/aromatic N) is 1. The minimum Gasteiger partial charge on any atom is -0.298 e. The third-order valence-electron chi connectivity index (χ3n) is 4.00. The highest BCUT2D eigenvalue weighted by Gasteiger charge is 2.15. The summed E-state index contributed by atoms with van der Waals surface area (Å²) in [4.78, 5) is 16.9. The van der Waals surface area contributed by atoms with Crippen molar-refractivity contribution in [1.29, 1.82) is 0 Å². The Hall–Kier alpha value is -3.30. The molecule has 146 valence electrons. The predicted octanol–water partition coefficient (Wildman–Crippen LogP) is 4.49. The molecule has 0 spiro atoms. The first-order valence-corrected chi connectivity index (χ1v) is 10.8. The molecule has 4 rings (SSSR count). The third kappa shape index (κ3) is 4.25. The van der Waals surface area contributed by atoms with Crippen LogP contribution in [0.3, 0.4) is 0 Å². The van der Waals surface area contributed by atoms with Gasteiger partial charge in [-0.3, -0.25) is 14.8 Å². The molecule has 0 unspecified atom stereocenters. The molecular formula is C20H14FN3O3S2. The van der Waals surface area contributed by atoms with E-state index >= 15 is 0 Å². The smallest absolute Gasteiger partial charge is 0.261 e. The van der Waals surface area contributed by atoms with Crippen LogP contribution in [0.25, 0.3) is 10.2 Å². The van der Waals surface area contributed by atoms with Gasteiger partial charge in [0.2, 0.25) is 0 Å². The van der Waals surface area contributed by atoms with Gasteiger partial charge < -0.3 is 0 Å². The molecule has 0 saturated carbocycles. The summed E-state index contributed by atoms with van der Waals surface area (Å²) in [5, 5.41) is 2.98. The van der Waals surface area contributed by atoms with Gasteiger partial charge in [-0.1, -0.05) is 35.6 Å². The zero-order valence-corrected chi connectivity index (χ0v) is 16.4. The van der Waals surface area contributed by atoms with Crippen LogP contribution in [-0.2, 0) is 10.0 Å². The van der Waals surface area contributed by atoms with Crippen LogP contribution in [0, 0.1) is 5.82 Å². The summed E-state index contributed by atoms with van der Waals surface area (Å²) < 4.78 is 41.3. The summed E-state index contributed by atoms with van der Waals surface area (Å²) in [6.07, 6.45) is 0. The molecule has 6 nitrogen and oxygen atoms in total. The number of benzene rings is 3. The number of fused-ring (bicyclic) bond motifs is 1. The third-order valence-corrected chi connectivity index (χ3v) is 6.33. The molecule has 0 aliphatic carbocycles. The molecule has 2 N–H and O–H groups in total. The highest BCUT2D eigenvalue weighted by atomic mass is 32.2. The Morgan fingerprint density at radius 1 is 0.966 bits per heavy atom. The molecule has 4 aromatic rings. The molecular weight excluding hydrogens is 413 g/mol. The predicted molar refractivity (Wildman–Crippen MR) is 111 cm³/mol. The highest BCUT2D eigenvalue weighted by Crippen LogP contribution is 2.27. The van der Waals surface area contributed by atoms with Gasteiger partial charge in [0.15, 0.2) is 5.13 Å². The Morgan fingerprint density at radius 2 is 1.76 bits per heavy atom. The normalized spacial score (nSPS) is 11.3. The first kappa shape index (κ1) is 19.0. The number of carbonyl (C=O) groups excluding carboxylic acids is 1. The first-order chi connectivity index (χ1) is 13.9. The van der Waals surface area contributed by atoms with Crippen molar-refractivity contribution in [3.8, 4) is 0 Å². The number of carbonyl (C=O) groups is 1. The van der Waals surface area contributed by atoms with Gasteiger partial charge in [0.25, 0.3) is 15.9 Å². The number of hydrogen-bond acceptors (Lipinski definition) is 5. The van der Waals surface area contributed by atoms with Crippen LogP contribution in [0.2, 0.25) is 0 Å². The average molecular weight is 427 g/mol. The molecule has 1 aromatic heterocycles. The molecule has 0 fully saturated rings. The monoisotopic (exact) mass is 427 g/mol. The van der Waals surface area contributed by atoms with Gasteiger partial charge in [-0.2, -0.15) is 0 Å². The lowest BCUT2D eigenvalue weighted by atomic mass is 10.2. The van der Waals surface area contributed by atoms with Crippen molar-refractivity contribution >= 4 is 48.3 Å². The number of rotatable bonds is 5. The van der Waals surface area contributed by atoms with Crippen molar-refractivity contribution in [2.24, 2.45) is 0 Å². The number of halogens is 1. The second-order valence-corrected chi connectivity index (χ2v) is 8.80. The van der Waals surface area contributed by atoms with Crippen molar-refractivity contribution in [3.05, 3.63) is 84.2 Å². The van der Waals surface area contributed by atoms with Crippen molar-refractivity contribution < 1.29 is 17.6 Å². The second kappa shape index (κ2) is 7.61. The number of amides is 1. The molecule has 1 heterocycles. The van der Waals surface area contributed by atoms with Crippen molar-refractivity contribution in [2.45, 2.75) is 4.90 Å².